The molecular weight excluding hydrogens is 477 g/mol. The van der Waals surface area contributed by atoms with Gasteiger partial charge in [-0.1, -0.05) is 35.3 Å². The maximum atomic E-state index is 12.9. The highest BCUT2D eigenvalue weighted by Crippen LogP contribution is 2.28. The van der Waals surface area contributed by atoms with E-state index in [1.165, 1.54) is 0 Å². The van der Waals surface area contributed by atoms with E-state index in [2.05, 4.69) is 21.0 Å². The van der Waals surface area contributed by atoms with Gasteiger partial charge in [-0.05, 0) is 58.7 Å². The normalized spacial score (nSPS) is 10.8. The minimum atomic E-state index is -0.0767. The summed E-state index contributed by atoms with van der Waals surface area (Å²) in [7, 11) is 1.78. The summed E-state index contributed by atoms with van der Waals surface area (Å²) in [6.07, 6.45) is 1.75. The Kier molecular flexibility index (Phi) is 7.22. The standard InChI is InChI=1S/C21H20BrCl2N3O2/c1-3-27-19(17(22)11-25-27)12-26(2)21(28)15-6-4-5-14(9-15)13-29-20-8-7-16(23)10-18(20)24/h4-11H,3,12-13H2,1-2H3. The first kappa shape index (κ1) is 21.7. The Balaban J connectivity index is 1.69. The molecule has 8 heteroatoms. The number of amides is 1. The monoisotopic (exact) mass is 495 g/mol. The van der Waals surface area contributed by atoms with Gasteiger partial charge in [-0.2, -0.15) is 5.10 Å². The first-order valence-electron chi connectivity index (χ1n) is 9.01. The van der Waals surface area contributed by atoms with Gasteiger partial charge in [-0.25, -0.2) is 0 Å². The molecule has 0 fully saturated rings. The number of nitrogens with zero attached hydrogens (tertiary/aromatic N) is 3. The third-order valence-electron chi connectivity index (χ3n) is 4.39. The number of benzene rings is 2. The largest absolute Gasteiger partial charge is 0.487 e. The highest BCUT2D eigenvalue weighted by atomic mass is 79.9. The van der Waals surface area contributed by atoms with Crippen LogP contribution in [0.3, 0.4) is 0 Å². The van der Waals surface area contributed by atoms with Crippen LogP contribution in [0, 0.1) is 0 Å². The van der Waals surface area contributed by atoms with Crippen LogP contribution in [-0.4, -0.2) is 27.6 Å². The fourth-order valence-corrected chi connectivity index (χ4v) is 3.77. The van der Waals surface area contributed by atoms with Crippen LogP contribution in [0.15, 0.2) is 53.1 Å². The van der Waals surface area contributed by atoms with Crippen molar-refractivity contribution in [2.24, 2.45) is 0 Å². The molecule has 0 aliphatic rings. The van der Waals surface area contributed by atoms with Gasteiger partial charge in [0.25, 0.3) is 5.91 Å². The highest BCUT2D eigenvalue weighted by Gasteiger charge is 2.17. The average Bonchev–Trinajstić information content (AvgIpc) is 3.06. The summed E-state index contributed by atoms with van der Waals surface area (Å²) in [4.78, 5) is 14.6. The van der Waals surface area contributed by atoms with E-state index in [1.54, 1.807) is 42.4 Å². The second-order valence-corrected chi connectivity index (χ2v) is 8.18. The molecule has 29 heavy (non-hydrogen) atoms. The van der Waals surface area contributed by atoms with E-state index in [1.807, 2.05) is 29.8 Å². The lowest BCUT2D eigenvalue weighted by Gasteiger charge is -2.19. The Morgan fingerprint density at radius 2 is 2.03 bits per heavy atom. The van der Waals surface area contributed by atoms with Crippen molar-refractivity contribution < 1.29 is 9.53 Å². The maximum Gasteiger partial charge on any atom is 0.253 e. The van der Waals surface area contributed by atoms with Gasteiger partial charge in [0.2, 0.25) is 0 Å². The first-order chi connectivity index (χ1) is 13.9. The molecule has 3 rings (SSSR count). The second-order valence-electron chi connectivity index (χ2n) is 6.48. The van der Waals surface area contributed by atoms with Crippen molar-refractivity contribution in [2.75, 3.05) is 7.05 Å². The number of rotatable bonds is 7. The Bertz CT molecular complexity index is 1020. The summed E-state index contributed by atoms with van der Waals surface area (Å²) in [6.45, 7) is 3.50. The number of aryl methyl sites for hydroxylation is 1. The topological polar surface area (TPSA) is 47.4 Å². The van der Waals surface area contributed by atoms with Crippen molar-refractivity contribution in [1.29, 1.82) is 0 Å². The lowest BCUT2D eigenvalue weighted by Crippen LogP contribution is -2.27. The molecule has 2 aromatic carbocycles. The van der Waals surface area contributed by atoms with Gasteiger partial charge in [-0.3, -0.25) is 9.48 Å². The Hall–Kier alpha value is -2.02. The van der Waals surface area contributed by atoms with E-state index in [0.29, 0.717) is 34.5 Å². The van der Waals surface area contributed by atoms with E-state index in [4.69, 9.17) is 27.9 Å². The molecule has 0 saturated heterocycles. The molecule has 5 nitrogen and oxygen atoms in total. The van der Waals surface area contributed by atoms with E-state index >= 15 is 0 Å². The predicted molar refractivity (Wildman–Crippen MR) is 119 cm³/mol. The SMILES string of the molecule is CCn1ncc(Br)c1CN(C)C(=O)c1cccc(COc2ccc(Cl)cc2Cl)c1. The zero-order valence-electron chi connectivity index (χ0n) is 16.0. The molecule has 0 bridgehead atoms. The van der Waals surface area contributed by atoms with Crippen LogP contribution < -0.4 is 4.74 Å². The van der Waals surface area contributed by atoms with Gasteiger partial charge < -0.3 is 9.64 Å². The zero-order valence-corrected chi connectivity index (χ0v) is 19.1. The molecule has 3 aromatic rings. The molecule has 152 valence electrons. The summed E-state index contributed by atoms with van der Waals surface area (Å²) in [5.74, 6) is 0.467. The van der Waals surface area contributed by atoms with Gasteiger partial charge >= 0.3 is 0 Å². The fraction of sp³-hybridized carbons (Fsp3) is 0.238. The average molecular weight is 497 g/mol. The molecule has 0 spiro atoms. The minimum absolute atomic E-state index is 0.0767. The van der Waals surface area contributed by atoms with E-state index in [-0.39, 0.29) is 5.91 Å². The van der Waals surface area contributed by atoms with Gasteiger partial charge in [0.15, 0.2) is 0 Å². The molecular formula is C21H20BrCl2N3O2. The summed E-state index contributed by atoms with van der Waals surface area (Å²) in [6, 6.07) is 12.4. The fourth-order valence-electron chi connectivity index (χ4n) is 2.88. The van der Waals surface area contributed by atoms with Crippen molar-refractivity contribution in [1.82, 2.24) is 14.7 Å². The van der Waals surface area contributed by atoms with Gasteiger partial charge in [0.1, 0.15) is 12.4 Å². The smallest absolute Gasteiger partial charge is 0.253 e. The lowest BCUT2D eigenvalue weighted by atomic mass is 10.1. The summed E-state index contributed by atoms with van der Waals surface area (Å²) in [5.41, 5.74) is 2.42. The second kappa shape index (κ2) is 9.65. The van der Waals surface area contributed by atoms with Crippen molar-refractivity contribution >= 4 is 45.0 Å². The number of hydrogen-bond donors (Lipinski definition) is 0. The number of halogens is 3. The van der Waals surface area contributed by atoms with E-state index < -0.39 is 0 Å². The molecule has 1 amide bonds. The van der Waals surface area contributed by atoms with Crippen LogP contribution in [-0.2, 0) is 19.7 Å². The summed E-state index contributed by atoms with van der Waals surface area (Å²) in [5, 5.41) is 5.29. The number of carbonyl (C=O) groups is 1. The van der Waals surface area contributed by atoms with Crippen LogP contribution in [0.25, 0.3) is 0 Å². The first-order valence-corrected chi connectivity index (χ1v) is 10.6. The quantitative estimate of drug-likeness (QED) is 0.413. The summed E-state index contributed by atoms with van der Waals surface area (Å²) >= 11 is 15.6. The van der Waals surface area contributed by atoms with Crippen molar-refractivity contribution in [3.05, 3.63) is 80.0 Å². The Labute approximate surface area is 188 Å². The summed E-state index contributed by atoms with van der Waals surface area (Å²) < 4.78 is 8.53. The molecule has 0 atom stereocenters. The zero-order chi connectivity index (χ0) is 21.0. The van der Waals surface area contributed by atoms with Crippen LogP contribution in [0.5, 0.6) is 5.75 Å². The number of hydrogen-bond acceptors (Lipinski definition) is 3. The van der Waals surface area contributed by atoms with Crippen molar-refractivity contribution in [3.63, 3.8) is 0 Å². The molecule has 0 aliphatic carbocycles. The van der Waals surface area contributed by atoms with E-state index in [9.17, 15) is 4.79 Å². The van der Waals surface area contributed by atoms with Crippen molar-refractivity contribution in [3.8, 4) is 5.75 Å². The lowest BCUT2D eigenvalue weighted by molar-refractivity contribution is 0.0781. The minimum Gasteiger partial charge on any atom is -0.487 e. The predicted octanol–water partition coefficient (Wildman–Crippen LogP) is 5.82. The maximum absolute atomic E-state index is 12.9. The van der Waals surface area contributed by atoms with Gasteiger partial charge in [0.05, 0.1) is 27.9 Å². The molecule has 1 heterocycles. The molecule has 0 unspecified atom stereocenters. The molecule has 0 aliphatic heterocycles. The van der Waals surface area contributed by atoms with Crippen molar-refractivity contribution in [2.45, 2.75) is 26.6 Å². The molecule has 0 N–H and O–H groups in total. The van der Waals surface area contributed by atoms with E-state index in [0.717, 1.165) is 22.3 Å². The molecule has 0 saturated carbocycles. The van der Waals surface area contributed by atoms with Crippen LogP contribution in [0.1, 0.15) is 28.5 Å². The Morgan fingerprint density at radius 3 is 2.76 bits per heavy atom. The van der Waals surface area contributed by atoms with Gasteiger partial charge in [-0.15, -0.1) is 0 Å². The Morgan fingerprint density at radius 1 is 1.24 bits per heavy atom. The number of carbonyl (C=O) groups excluding carboxylic acids is 1. The van der Waals surface area contributed by atoms with Crippen LogP contribution in [0.2, 0.25) is 10.0 Å². The number of aromatic nitrogens is 2. The third kappa shape index (κ3) is 5.32. The van der Waals surface area contributed by atoms with Gasteiger partial charge in [0, 0.05) is 24.2 Å². The molecule has 1 aromatic heterocycles. The molecule has 0 radical (unpaired) electrons. The third-order valence-corrected chi connectivity index (χ3v) is 5.59. The van der Waals surface area contributed by atoms with Crippen LogP contribution >= 0.6 is 39.1 Å². The highest BCUT2D eigenvalue weighted by molar-refractivity contribution is 9.10. The van der Waals surface area contributed by atoms with Crippen LogP contribution in [0.4, 0.5) is 0 Å². The number of ether oxygens (including phenoxy) is 1.